The highest BCUT2D eigenvalue weighted by Gasteiger charge is 2.46. The predicted molar refractivity (Wildman–Crippen MR) is 117 cm³/mol. The number of amides is 1. The summed E-state index contributed by atoms with van der Waals surface area (Å²) in [4.78, 5) is 34.9. The number of aliphatic hydroxyl groups is 1. The van der Waals surface area contributed by atoms with Crippen LogP contribution in [-0.2, 0) is 16.1 Å². The van der Waals surface area contributed by atoms with Gasteiger partial charge in [-0.05, 0) is 42.0 Å². The van der Waals surface area contributed by atoms with Crippen LogP contribution in [0.25, 0.3) is 16.7 Å². The number of hydrogen-bond donors (Lipinski definition) is 2. The minimum Gasteiger partial charge on any atom is -0.507 e. The molecular formula is C25H18FN3O3. The van der Waals surface area contributed by atoms with Crippen molar-refractivity contribution in [2.45, 2.75) is 12.6 Å². The molecule has 1 aliphatic rings. The van der Waals surface area contributed by atoms with Crippen LogP contribution in [0.2, 0.25) is 0 Å². The Hall–Kier alpha value is -4.26. The Morgan fingerprint density at radius 3 is 2.59 bits per heavy atom. The molecule has 0 bridgehead atoms. The number of hydrogen-bond acceptors (Lipinski definition) is 4. The van der Waals surface area contributed by atoms with Gasteiger partial charge in [0.05, 0.1) is 11.6 Å². The molecule has 1 fully saturated rings. The number of ketones is 1. The Bertz CT molecular complexity index is 1360. The highest BCUT2D eigenvalue weighted by molar-refractivity contribution is 6.46. The molecular weight excluding hydrogens is 409 g/mol. The van der Waals surface area contributed by atoms with Gasteiger partial charge in [-0.1, -0.05) is 24.3 Å². The van der Waals surface area contributed by atoms with E-state index in [2.05, 4.69) is 9.97 Å². The van der Waals surface area contributed by atoms with Crippen molar-refractivity contribution in [1.82, 2.24) is 14.9 Å². The summed E-state index contributed by atoms with van der Waals surface area (Å²) >= 11 is 0. The molecule has 2 aromatic heterocycles. The molecule has 4 aromatic rings. The topological polar surface area (TPSA) is 86.3 Å². The van der Waals surface area contributed by atoms with E-state index >= 15 is 0 Å². The maximum Gasteiger partial charge on any atom is 0.295 e. The number of fused-ring (bicyclic) bond motifs is 1. The summed E-state index contributed by atoms with van der Waals surface area (Å²) in [7, 11) is 0. The number of aliphatic hydroxyl groups excluding tert-OH is 1. The monoisotopic (exact) mass is 427 g/mol. The SMILES string of the molecule is O=C1C(=O)N(Cc2cccnc2)C(c2c[nH]c3ccccc23)/C1=C(\O)c1ccc(F)cc1. The lowest BCUT2D eigenvalue weighted by Crippen LogP contribution is -2.29. The van der Waals surface area contributed by atoms with Gasteiger partial charge < -0.3 is 15.0 Å². The van der Waals surface area contributed by atoms with Crippen LogP contribution < -0.4 is 0 Å². The Kier molecular flexibility index (Phi) is 4.78. The number of nitrogens with zero attached hydrogens (tertiary/aromatic N) is 2. The van der Waals surface area contributed by atoms with E-state index in [1.54, 1.807) is 24.7 Å². The smallest absolute Gasteiger partial charge is 0.295 e. The van der Waals surface area contributed by atoms with Gasteiger partial charge in [0.1, 0.15) is 11.6 Å². The molecule has 0 aliphatic carbocycles. The lowest BCUT2D eigenvalue weighted by Gasteiger charge is -2.25. The maximum atomic E-state index is 13.4. The second-order valence-electron chi connectivity index (χ2n) is 7.58. The largest absolute Gasteiger partial charge is 0.507 e. The molecule has 1 amide bonds. The lowest BCUT2D eigenvalue weighted by atomic mass is 9.95. The number of aromatic nitrogens is 2. The lowest BCUT2D eigenvalue weighted by molar-refractivity contribution is -0.140. The van der Waals surface area contributed by atoms with Crippen LogP contribution in [0.15, 0.2) is 84.8 Å². The molecule has 2 N–H and O–H groups in total. The van der Waals surface area contributed by atoms with Gasteiger partial charge in [-0.3, -0.25) is 14.6 Å². The first-order chi connectivity index (χ1) is 15.5. The molecule has 3 heterocycles. The van der Waals surface area contributed by atoms with E-state index in [-0.39, 0.29) is 23.4 Å². The average Bonchev–Trinajstić information content (AvgIpc) is 3.34. The molecule has 2 aromatic carbocycles. The number of H-pyrrole nitrogens is 1. The number of nitrogens with one attached hydrogen (secondary N) is 1. The van der Waals surface area contributed by atoms with E-state index in [1.807, 2.05) is 30.3 Å². The summed E-state index contributed by atoms with van der Waals surface area (Å²) in [5.74, 6) is -2.31. The highest BCUT2D eigenvalue weighted by Crippen LogP contribution is 2.42. The summed E-state index contributed by atoms with van der Waals surface area (Å²) in [6.07, 6.45) is 5.00. The summed E-state index contributed by atoms with van der Waals surface area (Å²) in [6.45, 7) is 0.142. The molecule has 0 radical (unpaired) electrons. The van der Waals surface area contributed by atoms with Gasteiger partial charge >= 0.3 is 0 Å². The zero-order valence-electron chi connectivity index (χ0n) is 16.8. The maximum absolute atomic E-state index is 13.4. The first kappa shape index (κ1) is 19.7. The van der Waals surface area contributed by atoms with Crippen molar-refractivity contribution >= 4 is 28.4 Å². The fourth-order valence-electron chi connectivity index (χ4n) is 4.14. The van der Waals surface area contributed by atoms with Crippen LogP contribution in [-0.4, -0.2) is 31.7 Å². The van der Waals surface area contributed by atoms with E-state index in [4.69, 9.17) is 0 Å². The molecule has 1 atom stereocenters. The predicted octanol–water partition coefficient (Wildman–Crippen LogP) is 4.32. The number of carbonyl (C=O) groups is 2. The molecule has 6 nitrogen and oxygen atoms in total. The van der Waals surface area contributed by atoms with Crippen molar-refractivity contribution in [2.24, 2.45) is 0 Å². The number of pyridine rings is 1. The van der Waals surface area contributed by atoms with Crippen molar-refractivity contribution in [3.63, 3.8) is 0 Å². The van der Waals surface area contributed by atoms with Crippen molar-refractivity contribution in [2.75, 3.05) is 0 Å². The number of para-hydroxylation sites is 1. The number of carbonyl (C=O) groups excluding carboxylic acids is 2. The summed E-state index contributed by atoms with van der Waals surface area (Å²) in [5.41, 5.74) is 2.51. The third-order valence-corrected chi connectivity index (χ3v) is 5.65. The fourth-order valence-corrected chi connectivity index (χ4v) is 4.14. The molecule has 158 valence electrons. The van der Waals surface area contributed by atoms with E-state index in [1.165, 1.54) is 29.2 Å². The van der Waals surface area contributed by atoms with Crippen LogP contribution >= 0.6 is 0 Å². The fraction of sp³-hybridized carbons (Fsp3) is 0.0800. The number of rotatable bonds is 4. The van der Waals surface area contributed by atoms with Crippen LogP contribution in [0.3, 0.4) is 0 Å². The number of halogens is 1. The van der Waals surface area contributed by atoms with Crippen molar-refractivity contribution < 1.29 is 19.1 Å². The minimum absolute atomic E-state index is 0.0322. The van der Waals surface area contributed by atoms with E-state index < -0.39 is 23.5 Å². The van der Waals surface area contributed by atoms with Crippen LogP contribution in [0, 0.1) is 5.82 Å². The standard InChI is InChI=1S/C25H18FN3O3/c26-17-9-7-16(8-10-17)23(30)21-22(19-13-28-20-6-2-1-5-18(19)20)29(25(32)24(21)31)14-15-4-3-11-27-12-15/h1-13,22,28,30H,14H2/b23-21+. The molecule has 7 heteroatoms. The molecule has 0 spiro atoms. The number of likely N-dealkylation sites (tertiary alicyclic amines) is 1. The van der Waals surface area contributed by atoms with Gasteiger partial charge in [0.25, 0.3) is 11.7 Å². The average molecular weight is 427 g/mol. The number of Topliss-reactive ketones (excluding diaryl/α,β-unsaturated/α-hetero) is 1. The normalized spacial score (nSPS) is 17.9. The van der Waals surface area contributed by atoms with E-state index in [0.717, 1.165) is 16.5 Å². The molecule has 1 aliphatic heterocycles. The van der Waals surface area contributed by atoms with Crippen LogP contribution in [0.1, 0.15) is 22.7 Å². The van der Waals surface area contributed by atoms with Crippen molar-refractivity contribution in [3.05, 3.63) is 107 Å². The molecule has 5 rings (SSSR count). The third-order valence-electron chi connectivity index (χ3n) is 5.65. The van der Waals surface area contributed by atoms with Gasteiger partial charge in [0.2, 0.25) is 0 Å². The highest BCUT2D eigenvalue weighted by atomic mass is 19.1. The Balaban J connectivity index is 1.71. The van der Waals surface area contributed by atoms with Gasteiger partial charge in [0, 0.05) is 47.2 Å². The summed E-state index contributed by atoms with van der Waals surface area (Å²) in [6, 6.07) is 15.4. The molecule has 0 saturated carbocycles. The molecule has 1 saturated heterocycles. The third kappa shape index (κ3) is 3.24. The van der Waals surface area contributed by atoms with Gasteiger partial charge in [-0.25, -0.2) is 4.39 Å². The molecule has 1 unspecified atom stereocenters. The van der Waals surface area contributed by atoms with E-state index in [0.29, 0.717) is 5.56 Å². The number of aromatic amines is 1. The van der Waals surface area contributed by atoms with Crippen LogP contribution in [0.4, 0.5) is 4.39 Å². The summed E-state index contributed by atoms with van der Waals surface area (Å²) in [5, 5.41) is 11.9. The Morgan fingerprint density at radius 1 is 1.06 bits per heavy atom. The summed E-state index contributed by atoms with van der Waals surface area (Å²) < 4.78 is 13.4. The first-order valence-electron chi connectivity index (χ1n) is 10.0. The quantitative estimate of drug-likeness (QED) is 0.288. The van der Waals surface area contributed by atoms with Crippen LogP contribution in [0.5, 0.6) is 0 Å². The zero-order valence-corrected chi connectivity index (χ0v) is 16.8. The van der Waals surface area contributed by atoms with Gasteiger partial charge in [-0.15, -0.1) is 0 Å². The van der Waals surface area contributed by atoms with Crippen molar-refractivity contribution in [1.29, 1.82) is 0 Å². The Morgan fingerprint density at radius 2 is 1.84 bits per heavy atom. The van der Waals surface area contributed by atoms with Gasteiger partial charge in [0.15, 0.2) is 0 Å². The van der Waals surface area contributed by atoms with E-state index in [9.17, 15) is 19.1 Å². The second kappa shape index (κ2) is 7.77. The Labute approximate surface area is 182 Å². The first-order valence-corrected chi connectivity index (χ1v) is 10.0. The zero-order chi connectivity index (χ0) is 22.2. The molecule has 32 heavy (non-hydrogen) atoms. The number of benzene rings is 2. The minimum atomic E-state index is -0.823. The second-order valence-corrected chi connectivity index (χ2v) is 7.58. The van der Waals surface area contributed by atoms with Gasteiger partial charge in [-0.2, -0.15) is 0 Å². The van der Waals surface area contributed by atoms with Crippen molar-refractivity contribution in [3.8, 4) is 0 Å².